The van der Waals surface area contributed by atoms with E-state index in [4.69, 9.17) is 5.73 Å². The maximum atomic E-state index is 13.3. The standard InChI is InChI=1S/C17H18F3N5O/c18-17(19,20)13-4-2-1-3-12(13)10-5-11-8-25(9-16(11,21)6-10)15(26)14-7-22-24-23-14/h1-4,7,10-11H,5-6,8-9,21H2,(H,22,23,24)/t10-,11-,16-/m0/s1. The number of fused-ring (bicyclic) bond motifs is 1. The molecule has 2 heterocycles. The van der Waals surface area contributed by atoms with Crippen LogP contribution < -0.4 is 5.73 Å². The Balaban J connectivity index is 1.54. The SMILES string of the molecule is N[C@]12C[C@@H](c3ccccc3C(F)(F)F)C[C@H]1CN(C(=O)c1c[nH]nn1)C2. The summed E-state index contributed by atoms with van der Waals surface area (Å²) in [7, 11) is 0. The van der Waals surface area contributed by atoms with E-state index in [1.165, 1.54) is 18.3 Å². The molecule has 4 rings (SSSR count). The summed E-state index contributed by atoms with van der Waals surface area (Å²) in [4.78, 5) is 14.0. The van der Waals surface area contributed by atoms with E-state index in [-0.39, 0.29) is 23.4 Å². The number of halogens is 3. The Morgan fingerprint density at radius 1 is 1.35 bits per heavy atom. The lowest BCUT2D eigenvalue weighted by molar-refractivity contribution is -0.138. The van der Waals surface area contributed by atoms with Crippen molar-refractivity contribution in [3.8, 4) is 0 Å². The molecule has 0 radical (unpaired) electrons. The van der Waals surface area contributed by atoms with Gasteiger partial charge in [-0.3, -0.25) is 9.89 Å². The molecule has 2 aromatic rings. The maximum absolute atomic E-state index is 13.3. The van der Waals surface area contributed by atoms with Crippen LogP contribution in [0.2, 0.25) is 0 Å². The van der Waals surface area contributed by atoms with Gasteiger partial charge in [-0.25, -0.2) is 0 Å². The number of nitrogens with zero attached hydrogens (tertiary/aromatic N) is 3. The lowest BCUT2D eigenvalue weighted by atomic mass is 9.89. The smallest absolute Gasteiger partial charge is 0.335 e. The Morgan fingerprint density at radius 3 is 2.77 bits per heavy atom. The predicted octanol–water partition coefficient (Wildman–Crippen LogP) is 2.17. The summed E-state index contributed by atoms with van der Waals surface area (Å²) in [6, 6.07) is 5.68. The zero-order valence-electron chi connectivity index (χ0n) is 13.8. The van der Waals surface area contributed by atoms with Crippen LogP contribution in [-0.2, 0) is 6.18 Å². The number of benzene rings is 1. The first-order chi connectivity index (χ1) is 12.3. The first-order valence-corrected chi connectivity index (χ1v) is 8.39. The van der Waals surface area contributed by atoms with Crippen LogP contribution in [0, 0.1) is 5.92 Å². The summed E-state index contributed by atoms with van der Waals surface area (Å²) >= 11 is 0. The van der Waals surface area contributed by atoms with Crippen molar-refractivity contribution in [3.63, 3.8) is 0 Å². The van der Waals surface area contributed by atoms with Gasteiger partial charge < -0.3 is 10.6 Å². The highest BCUT2D eigenvalue weighted by molar-refractivity contribution is 5.92. The lowest BCUT2D eigenvalue weighted by Gasteiger charge is -2.25. The van der Waals surface area contributed by atoms with E-state index in [1.807, 2.05) is 0 Å². The zero-order valence-corrected chi connectivity index (χ0v) is 13.8. The zero-order chi connectivity index (χ0) is 18.5. The third-order valence-corrected chi connectivity index (χ3v) is 5.56. The van der Waals surface area contributed by atoms with Crippen LogP contribution >= 0.6 is 0 Å². The highest BCUT2D eigenvalue weighted by atomic mass is 19.4. The fourth-order valence-electron chi connectivity index (χ4n) is 4.39. The van der Waals surface area contributed by atoms with E-state index in [0.717, 1.165) is 6.07 Å². The fraction of sp³-hybridized carbons (Fsp3) is 0.471. The highest BCUT2D eigenvalue weighted by Crippen LogP contribution is 2.50. The molecular formula is C17H18F3N5O. The minimum Gasteiger partial charge on any atom is -0.335 e. The summed E-state index contributed by atoms with van der Waals surface area (Å²) in [5, 5.41) is 9.74. The molecule has 0 unspecified atom stereocenters. The average Bonchev–Trinajstić information content (AvgIpc) is 3.27. The van der Waals surface area contributed by atoms with Crippen molar-refractivity contribution >= 4 is 5.91 Å². The molecule has 26 heavy (non-hydrogen) atoms. The van der Waals surface area contributed by atoms with E-state index in [1.54, 1.807) is 11.0 Å². The Kier molecular flexibility index (Phi) is 3.80. The Labute approximate surface area is 147 Å². The van der Waals surface area contributed by atoms with Gasteiger partial charge in [0.05, 0.1) is 11.8 Å². The number of nitrogens with two attached hydrogens (primary N) is 1. The molecule has 1 saturated heterocycles. The summed E-state index contributed by atoms with van der Waals surface area (Å²) < 4.78 is 39.9. The van der Waals surface area contributed by atoms with E-state index in [0.29, 0.717) is 31.5 Å². The van der Waals surface area contributed by atoms with Gasteiger partial charge in [0.1, 0.15) is 0 Å². The second-order valence-electron chi connectivity index (χ2n) is 7.20. The largest absolute Gasteiger partial charge is 0.416 e. The number of amides is 1. The molecule has 0 spiro atoms. The van der Waals surface area contributed by atoms with Gasteiger partial charge >= 0.3 is 6.18 Å². The molecule has 9 heteroatoms. The number of aromatic nitrogens is 3. The van der Waals surface area contributed by atoms with Crippen LogP contribution in [0.3, 0.4) is 0 Å². The third kappa shape index (κ3) is 2.76. The molecule has 1 saturated carbocycles. The van der Waals surface area contributed by atoms with Crippen molar-refractivity contribution in [2.45, 2.75) is 30.5 Å². The van der Waals surface area contributed by atoms with Crippen LogP contribution in [0.15, 0.2) is 30.5 Å². The molecule has 1 aliphatic heterocycles. The molecule has 2 aliphatic rings. The Bertz CT molecular complexity index is 822. The molecule has 2 fully saturated rings. The number of aromatic amines is 1. The van der Waals surface area contributed by atoms with Crippen molar-refractivity contribution < 1.29 is 18.0 Å². The highest BCUT2D eigenvalue weighted by Gasteiger charge is 2.53. The molecule has 3 N–H and O–H groups in total. The Hall–Kier alpha value is -2.42. The quantitative estimate of drug-likeness (QED) is 0.854. The number of alkyl halides is 3. The number of nitrogens with one attached hydrogen (secondary N) is 1. The molecule has 0 bridgehead atoms. The molecule has 1 aromatic carbocycles. The molecule has 1 aromatic heterocycles. The van der Waals surface area contributed by atoms with Crippen LogP contribution in [0.1, 0.15) is 40.4 Å². The summed E-state index contributed by atoms with van der Waals surface area (Å²) in [5.74, 6) is -0.554. The van der Waals surface area contributed by atoms with Gasteiger partial charge in [0.2, 0.25) is 0 Å². The normalized spacial score (nSPS) is 28.4. The van der Waals surface area contributed by atoms with Gasteiger partial charge in [0.25, 0.3) is 5.91 Å². The predicted molar refractivity (Wildman–Crippen MR) is 86.1 cm³/mol. The van der Waals surface area contributed by atoms with Crippen LogP contribution in [0.5, 0.6) is 0 Å². The average molecular weight is 365 g/mol. The Morgan fingerprint density at radius 2 is 2.12 bits per heavy atom. The van der Waals surface area contributed by atoms with Crippen molar-refractivity contribution in [3.05, 3.63) is 47.3 Å². The molecule has 6 nitrogen and oxygen atoms in total. The molecule has 1 aliphatic carbocycles. The van der Waals surface area contributed by atoms with Crippen molar-refractivity contribution in [1.29, 1.82) is 0 Å². The van der Waals surface area contributed by atoms with Gasteiger partial charge in [-0.1, -0.05) is 23.4 Å². The van der Waals surface area contributed by atoms with E-state index in [2.05, 4.69) is 15.4 Å². The van der Waals surface area contributed by atoms with Gasteiger partial charge in [-0.15, -0.1) is 5.10 Å². The minimum atomic E-state index is -4.38. The summed E-state index contributed by atoms with van der Waals surface area (Å²) in [5.41, 5.74) is 5.76. The number of likely N-dealkylation sites (tertiary alicyclic amines) is 1. The van der Waals surface area contributed by atoms with Crippen LogP contribution in [0.4, 0.5) is 13.2 Å². The third-order valence-electron chi connectivity index (χ3n) is 5.56. The first-order valence-electron chi connectivity index (χ1n) is 8.39. The minimum absolute atomic E-state index is 0.0374. The van der Waals surface area contributed by atoms with Gasteiger partial charge in [-0.05, 0) is 36.3 Å². The maximum Gasteiger partial charge on any atom is 0.416 e. The lowest BCUT2D eigenvalue weighted by Crippen LogP contribution is -2.45. The fourth-order valence-corrected chi connectivity index (χ4v) is 4.39. The number of H-pyrrole nitrogens is 1. The summed E-state index contributed by atoms with van der Waals surface area (Å²) in [6.07, 6.45) is -2.01. The van der Waals surface area contributed by atoms with E-state index < -0.39 is 17.3 Å². The van der Waals surface area contributed by atoms with E-state index >= 15 is 0 Å². The van der Waals surface area contributed by atoms with Crippen molar-refractivity contribution in [2.75, 3.05) is 13.1 Å². The monoisotopic (exact) mass is 365 g/mol. The van der Waals surface area contributed by atoms with Crippen molar-refractivity contribution in [1.82, 2.24) is 20.3 Å². The second kappa shape index (κ2) is 5.80. The molecule has 138 valence electrons. The van der Waals surface area contributed by atoms with Gasteiger partial charge in [0, 0.05) is 18.6 Å². The number of carbonyl (C=O) groups is 1. The van der Waals surface area contributed by atoms with Gasteiger partial charge in [0.15, 0.2) is 5.69 Å². The topological polar surface area (TPSA) is 87.9 Å². The van der Waals surface area contributed by atoms with Crippen molar-refractivity contribution in [2.24, 2.45) is 11.7 Å². The van der Waals surface area contributed by atoms with Gasteiger partial charge in [-0.2, -0.15) is 13.2 Å². The molecular weight excluding hydrogens is 347 g/mol. The number of hydrogen-bond acceptors (Lipinski definition) is 4. The molecule has 3 atom stereocenters. The van der Waals surface area contributed by atoms with E-state index in [9.17, 15) is 18.0 Å². The second-order valence-corrected chi connectivity index (χ2v) is 7.20. The number of hydrogen-bond donors (Lipinski definition) is 2. The number of rotatable bonds is 2. The summed E-state index contributed by atoms with van der Waals surface area (Å²) in [6.45, 7) is 0.737. The van der Waals surface area contributed by atoms with Crippen LogP contribution in [0.25, 0.3) is 0 Å². The van der Waals surface area contributed by atoms with Crippen LogP contribution in [-0.4, -0.2) is 44.8 Å². The molecule has 1 amide bonds. The first kappa shape index (κ1) is 17.0. The number of carbonyl (C=O) groups excluding carboxylic acids is 1.